The highest BCUT2D eigenvalue weighted by molar-refractivity contribution is 7.43. The fourth-order valence-corrected chi connectivity index (χ4v) is 2.42. The summed E-state index contributed by atoms with van der Waals surface area (Å²) in [5, 5.41) is 2.77. The topological polar surface area (TPSA) is 58.1 Å². The van der Waals surface area contributed by atoms with Gasteiger partial charge < -0.3 is 10.2 Å². The molecule has 2 unspecified atom stereocenters. The number of aryl methyl sites for hydroxylation is 1. The van der Waals surface area contributed by atoms with Gasteiger partial charge in [0.15, 0.2) is 0 Å². The number of rotatable bonds is 2. The first kappa shape index (κ1) is 13.7. The maximum absolute atomic E-state index is 11.4. The Bertz CT molecular complexity index is 477. The van der Waals surface area contributed by atoms with E-state index in [-0.39, 0.29) is 12.5 Å². The van der Waals surface area contributed by atoms with E-state index in [9.17, 15) is 4.79 Å². The number of anilines is 1. The molecular weight excluding hydrogens is 265 g/mol. The summed E-state index contributed by atoms with van der Waals surface area (Å²) in [5.74, 6) is 0.535. The van der Waals surface area contributed by atoms with Crippen molar-refractivity contribution in [3.8, 4) is 0 Å². The number of hydrogen-bond acceptors (Lipinski definition) is 4. The molecule has 0 spiro atoms. The van der Waals surface area contributed by atoms with Crippen LogP contribution >= 0.6 is 18.5 Å². The van der Waals surface area contributed by atoms with E-state index >= 15 is 0 Å². The van der Waals surface area contributed by atoms with Crippen LogP contribution in [0, 0.1) is 6.92 Å². The molecule has 1 fully saturated rings. The summed E-state index contributed by atoms with van der Waals surface area (Å²) >= 11 is 0. The van der Waals surface area contributed by atoms with Gasteiger partial charge in [-0.2, -0.15) is 0 Å². The summed E-state index contributed by atoms with van der Waals surface area (Å²) in [6, 6.07) is 0. The zero-order chi connectivity index (χ0) is 13.3. The van der Waals surface area contributed by atoms with Gasteiger partial charge >= 0.3 is 0 Å². The van der Waals surface area contributed by atoms with Crippen LogP contribution in [0.15, 0.2) is 6.20 Å². The summed E-state index contributed by atoms with van der Waals surface area (Å²) in [6.45, 7) is 3.52. The highest BCUT2D eigenvalue weighted by Crippen LogP contribution is 2.35. The van der Waals surface area contributed by atoms with E-state index in [4.69, 9.17) is 7.85 Å². The standard InChI is InChI=1S/C10H15BN4OP2/c1-6-4-13-9(14-8(6)10(11,17)18)15-3-2-12-7(16)5-15/h4H,2-3,5,17-18H2,1H3,(H,12,16). The van der Waals surface area contributed by atoms with Crippen molar-refractivity contribution >= 4 is 38.2 Å². The van der Waals surface area contributed by atoms with Crippen LogP contribution in [0.3, 0.4) is 0 Å². The van der Waals surface area contributed by atoms with Crippen molar-refractivity contribution in [1.29, 1.82) is 0 Å². The van der Waals surface area contributed by atoms with E-state index in [0.29, 0.717) is 19.0 Å². The van der Waals surface area contributed by atoms with Gasteiger partial charge in [0.05, 0.1) is 20.1 Å². The molecule has 0 aromatic carbocycles. The third kappa shape index (κ3) is 2.99. The first-order valence-corrected chi connectivity index (χ1v) is 6.76. The van der Waals surface area contributed by atoms with E-state index in [1.807, 2.05) is 11.8 Å². The third-order valence-electron chi connectivity index (χ3n) is 2.69. The van der Waals surface area contributed by atoms with Gasteiger partial charge in [0, 0.05) is 24.1 Å². The van der Waals surface area contributed by atoms with Crippen molar-refractivity contribution in [2.45, 2.75) is 11.7 Å². The lowest BCUT2D eigenvalue weighted by atomic mass is 9.96. The van der Waals surface area contributed by atoms with Crippen molar-refractivity contribution < 1.29 is 4.79 Å². The van der Waals surface area contributed by atoms with Crippen molar-refractivity contribution in [3.63, 3.8) is 0 Å². The molecule has 0 aliphatic carbocycles. The Kier molecular flexibility index (Phi) is 3.89. The summed E-state index contributed by atoms with van der Waals surface area (Å²) in [5.41, 5.74) is 1.67. The van der Waals surface area contributed by atoms with Crippen LogP contribution in [-0.4, -0.2) is 43.4 Å². The van der Waals surface area contributed by atoms with Crippen molar-refractivity contribution in [2.24, 2.45) is 0 Å². The monoisotopic (exact) mass is 280 g/mol. The van der Waals surface area contributed by atoms with Gasteiger partial charge in [-0.1, -0.05) is 0 Å². The molecule has 94 valence electrons. The number of nitrogens with zero attached hydrogens (tertiary/aromatic N) is 3. The molecule has 1 aromatic heterocycles. The van der Waals surface area contributed by atoms with Crippen molar-refractivity contribution in [3.05, 3.63) is 17.5 Å². The Hall–Kier alpha value is -0.725. The zero-order valence-corrected chi connectivity index (χ0v) is 12.5. The molecule has 2 heterocycles. The molecule has 0 bridgehead atoms. The van der Waals surface area contributed by atoms with Crippen molar-refractivity contribution in [1.82, 2.24) is 15.3 Å². The van der Waals surface area contributed by atoms with Crippen LogP contribution in [0.5, 0.6) is 0 Å². The average Bonchev–Trinajstić information content (AvgIpc) is 2.28. The quantitative estimate of drug-likeness (QED) is 0.599. The Morgan fingerprint density at radius 1 is 1.56 bits per heavy atom. The predicted octanol–water partition coefficient (Wildman–Crippen LogP) is -0.250. The second kappa shape index (κ2) is 5.10. The highest BCUT2D eigenvalue weighted by Gasteiger charge is 2.23. The minimum absolute atomic E-state index is 0.0114. The average molecular weight is 280 g/mol. The number of carbonyl (C=O) groups excluding carboxylic acids is 1. The molecule has 1 amide bonds. The summed E-state index contributed by atoms with van der Waals surface area (Å²) in [7, 11) is 11.1. The number of nitrogens with one attached hydrogen (secondary N) is 1. The fraction of sp³-hybridized carbons (Fsp3) is 0.500. The minimum Gasteiger partial charge on any atom is -0.353 e. The smallest absolute Gasteiger partial charge is 0.239 e. The van der Waals surface area contributed by atoms with Gasteiger partial charge in [-0.3, -0.25) is 4.79 Å². The van der Waals surface area contributed by atoms with Gasteiger partial charge in [0.25, 0.3) is 0 Å². The number of carbonyl (C=O) groups is 1. The lowest BCUT2D eigenvalue weighted by Crippen LogP contribution is -2.48. The van der Waals surface area contributed by atoms with Gasteiger partial charge in [-0.15, -0.1) is 18.5 Å². The molecule has 18 heavy (non-hydrogen) atoms. The fourth-order valence-electron chi connectivity index (χ4n) is 1.83. The molecule has 2 radical (unpaired) electrons. The van der Waals surface area contributed by atoms with Gasteiger partial charge in [-0.05, 0) is 12.5 Å². The molecule has 1 aliphatic heterocycles. The van der Waals surface area contributed by atoms with Crippen LogP contribution in [0.25, 0.3) is 0 Å². The van der Waals surface area contributed by atoms with Gasteiger partial charge in [0.2, 0.25) is 11.9 Å². The Morgan fingerprint density at radius 3 is 2.89 bits per heavy atom. The molecule has 8 heteroatoms. The number of aromatic nitrogens is 2. The first-order chi connectivity index (χ1) is 8.38. The summed E-state index contributed by atoms with van der Waals surface area (Å²) < 4.78 is 0. The maximum Gasteiger partial charge on any atom is 0.239 e. The Labute approximate surface area is 112 Å². The summed E-state index contributed by atoms with van der Waals surface area (Å²) in [6.07, 6.45) is 1.74. The van der Waals surface area contributed by atoms with Crippen molar-refractivity contribution in [2.75, 3.05) is 24.5 Å². The molecule has 5 nitrogen and oxygen atoms in total. The van der Waals surface area contributed by atoms with Crippen LogP contribution < -0.4 is 10.2 Å². The number of piperazine rings is 1. The Balaban J connectivity index is 2.32. The van der Waals surface area contributed by atoms with E-state index in [1.54, 1.807) is 6.20 Å². The van der Waals surface area contributed by atoms with E-state index in [1.165, 1.54) is 0 Å². The molecule has 2 atom stereocenters. The Morgan fingerprint density at radius 2 is 2.28 bits per heavy atom. The van der Waals surface area contributed by atoms with Gasteiger partial charge in [0.1, 0.15) is 0 Å². The summed E-state index contributed by atoms with van der Waals surface area (Å²) in [4.78, 5) is 21.3. The second-order valence-corrected chi connectivity index (χ2v) is 6.98. The predicted molar refractivity (Wildman–Crippen MR) is 78.8 cm³/mol. The highest BCUT2D eigenvalue weighted by atomic mass is 31.1. The lowest BCUT2D eigenvalue weighted by Gasteiger charge is -2.28. The van der Waals surface area contributed by atoms with Crippen LogP contribution in [-0.2, 0) is 9.59 Å². The minimum atomic E-state index is -0.681. The molecule has 0 saturated carbocycles. The largest absolute Gasteiger partial charge is 0.353 e. The third-order valence-corrected chi connectivity index (χ3v) is 3.24. The SMILES string of the molecule is [B]C(P)(P)c1nc(N2CCNC(=O)C2)ncc1C. The maximum atomic E-state index is 11.4. The zero-order valence-electron chi connectivity index (χ0n) is 10.2. The number of hydrogen-bond donors (Lipinski definition) is 1. The molecule has 1 N–H and O–H groups in total. The van der Waals surface area contributed by atoms with Crippen LogP contribution in [0.2, 0.25) is 0 Å². The molecule has 1 aliphatic rings. The van der Waals surface area contributed by atoms with Crippen LogP contribution in [0.4, 0.5) is 5.95 Å². The van der Waals surface area contributed by atoms with E-state index in [2.05, 4.69) is 33.8 Å². The lowest BCUT2D eigenvalue weighted by molar-refractivity contribution is -0.120. The first-order valence-electron chi connectivity index (χ1n) is 5.60. The van der Waals surface area contributed by atoms with E-state index in [0.717, 1.165) is 11.3 Å². The molecule has 1 aromatic rings. The molecule has 1 saturated heterocycles. The molecular formula is C10H15BN4OP2. The molecule has 2 rings (SSSR count). The van der Waals surface area contributed by atoms with Crippen LogP contribution in [0.1, 0.15) is 11.3 Å². The van der Waals surface area contributed by atoms with E-state index < -0.39 is 4.80 Å². The normalized spacial score (nSPS) is 16.6. The second-order valence-electron chi connectivity index (χ2n) is 4.41. The van der Waals surface area contributed by atoms with Gasteiger partial charge in [-0.25, -0.2) is 9.97 Å². The number of amides is 1.